The SMILES string of the molecule is COc1cc(CCC(N)CC(=O)O)cc(Br)c1OC. The first-order chi connectivity index (χ1) is 8.97. The Morgan fingerprint density at radius 3 is 2.63 bits per heavy atom. The number of nitrogens with two attached hydrogens (primary N) is 1. The summed E-state index contributed by atoms with van der Waals surface area (Å²) in [4.78, 5) is 10.5. The smallest absolute Gasteiger partial charge is 0.304 e. The van der Waals surface area contributed by atoms with Crippen LogP contribution in [-0.4, -0.2) is 31.3 Å². The van der Waals surface area contributed by atoms with Crippen LogP contribution in [-0.2, 0) is 11.2 Å². The van der Waals surface area contributed by atoms with Crippen LogP contribution >= 0.6 is 15.9 Å². The maximum absolute atomic E-state index is 10.5. The van der Waals surface area contributed by atoms with Gasteiger partial charge < -0.3 is 20.3 Å². The lowest BCUT2D eigenvalue weighted by molar-refractivity contribution is -0.137. The molecule has 0 saturated heterocycles. The lowest BCUT2D eigenvalue weighted by Gasteiger charge is -2.13. The molecule has 1 aromatic carbocycles. The maximum Gasteiger partial charge on any atom is 0.304 e. The topological polar surface area (TPSA) is 81.8 Å². The molecule has 106 valence electrons. The van der Waals surface area contributed by atoms with Gasteiger partial charge in [-0.05, 0) is 46.5 Å². The molecule has 19 heavy (non-hydrogen) atoms. The molecule has 0 radical (unpaired) electrons. The number of benzene rings is 1. The van der Waals surface area contributed by atoms with Crippen LogP contribution in [0.5, 0.6) is 11.5 Å². The van der Waals surface area contributed by atoms with Crippen molar-refractivity contribution < 1.29 is 19.4 Å². The second-order valence-corrected chi connectivity index (χ2v) is 5.06. The fraction of sp³-hybridized carbons (Fsp3) is 0.462. The molecule has 0 spiro atoms. The molecule has 0 heterocycles. The van der Waals surface area contributed by atoms with E-state index in [1.807, 2.05) is 12.1 Å². The summed E-state index contributed by atoms with van der Waals surface area (Å²) in [7, 11) is 3.15. The van der Waals surface area contributed by atoms with Gasteiger partial charge in [0.05, 0.1) is 25.1 Å². The highest BCUT2D eigenvalue weighted by atomic mass is 79.9. The molecule has 0 aromatic heterocycles. The summed E-state index contributed by atoms with van der Waals surface area (Å²) in [6, 6.07) is 3.45. The number of ether oxygens (including phenoxy) is 2. The number of hydrogen-bond donors (Lipinski definition) is 2. The van der Waals surface area contributed by atoms with Crippen molar-refractivity contribution in [1.82, 2.24) is 0 Å². The minimum absolute atomic E-state index is 0.0194. The molecule has 0 bridgehead atoms. The summed E-state index contributed by atoms with van der Waals surface area (Å²) in [6.07, 6.45) is 1.27. The van der Waals surface area contributed by atoms with Gasteiger partial charge in [-0.3, -0.25) is 4.79 Å². The molecule has 1 unspecified atom stereocenters. The van der Waals surface area contributed by atoms with E-state index in [2.05, 4.69) is 15.9 Å². The van der Waals surface area contributed by atoms with Gasteiger partial charge in [0.25, 0.3) is 0 Å². The zero-order chi connectivity index (χ0) is 14.4. The first kappa shape index (κ1) is 15.8. The largest absolute Gasteiger partial charge is 0.493 e. The van der Waals surface area contributed by atoms with Crippen molar-refractivity contribution in [1.29, 1.82) is 0 Å². The number of rotatable bonds is 7. The van der Waals surface area contributed by atoms with Crippen LogP contribution in [0.4, 0.5) is 0 Å². The van der Waals surface area contributed by atoms with Crippen LogP contribution in [0.1, 0.15) is 18.4 Å². The van der Waals surface area contributed by atoms with Crippen molar-refractivity contribution >= 4 is 21.9 Å². The number of methoxy groups -OCH3 is 2. The predicted molar refractivity (Wildman–Crippen MR) is 75.8 cm³/mol. The molecule has 0 amide bonds. The first-order valence-electron chi connectivity index (χ1n) is 5.85. The summed E-state index contributed by atoms with van der Waals surface area (Å²) in [6.45, 7) is 0. The monoisotopic (exact) mass is 331 g/mol. The van der Waals surface area contributed by atoms with Crippen LogP contribution in [0.2, 0.25) is 0 Å². The van der Waals surface area contributed by atoms with Gasteiger partial charge in [0, 0.05) is 6.04 Å². The molecular formula is C13H18BrNO4. The molecule has 5 nitrogen and oxygen atoms in total. The molecule has 0 saturated carbocycles. The zero-order valence-corrected chi connectivity index (χ0v) is 12.6. The third-order valence-corrected chi connectivity index (χ3v) is 3.32. The molecule has 1 rings (SSSR count). The Bertz CT molecular complexity index is 451. The van der Waals surface area contributed by atoms with Crippen LogP contribution in [0.25, 0.3) is 0 Å². The van der Waals surface area contributed by atoms with Crippen molar-refractivity contribution in [3.05, 3.63) is 22.2 Å². The Hall–Kier alpha value is -1.27. The minimum atomic E-state index is -0.874. The number of hydrogen-bond acceptors (Lipinski definition) is 4. The third-order valence-electron chi connectivity index (χ3n) is 2.73. The Morgan fingerprint density at radius 2 is 2.11 bits per heavy atom. The fourth-order valence-electron chi connectivity index (χ4n) is 1.79. The van der Waals surface area contributed by atoms with Gasteiger partial charge >= 0.3 is 5.97 Å². The van der Waals surface area contributed by atoms with Crippen molar-refractivity contribution in [2.24, 2.45) is 5.73 Å². The van der Waals surface area contributed by atoms with Gasteiger partial charge in [-0.15, -0.1) is 0 Å². The highest BCUT2D eigenvalue weighted by molar-refractivity contribution is 9.10. The van der Waals surface area contributed by atoms with Gasteiger partial charge in [-0.2, -0.15) is 0 Å². The van der Waals surface area contributed by atoms with E-state index in [4.69, 9.17) is 20.3 Å². The molecule has 0 fully saturated rings. The quantitative estimate of drug-likeness (QED) is 0.800. The maximum atomic E-state index is 10.5. The summed E-state index contributed by atoms with van der Waals surface area (Å²) < 4.78 is 11.3. The Morgan fingerprint density at radius 1 is 1.42 bits per heavy atom. The Balaban J connectivity index is 2.74. The summed E-state index contributed by atoms with van der Waals surface area (Å²) in [5, 5.41) is 8.65. The minimum Gasteiger partial charge on any atom is -0.493 e. The van der Waals surface area contributed by atoms with Gasteiger partial charge in [-0.1, -0.05) is 0 Å². The molecule has 0 aliphatic carbocycles. The van der Waals surface area contributed by atoms with Crippen molar-refractivity contribution in [3.8, 4) is 11.5 Å². The second kappa shape index (κ2) is 7.35. The molecule has 1 aromatic rings. The molecule has 0 aliphatic rings. The zero-order valence-electron chi connectivity index (χ0n) is 11.0. The van der Waals surface area contributed by atoms with Gasteiger partial charge in [0.15, 0.2) is 11.5 Å². The molecular weight excluding hydrogens is 314 g/mol. The van der Waals surface area contributed by atoms with E-state index >= 15 is 0 Å². The third kappa shape index (κ3) is 4.72. The lowest BCUT2D eigenvalue weighted by Crippen LogP contribution is -2.24. The average molecular weight is 332 g/mol. The highest BCUT2D eigenvalue weighted by Crippen LogP contribution is 2.36. The van der Waals surface area contributed by atoms with Crippen LogP contribution in [0.15, 0.2) is 16.6 Å². The highest BCUT2D eigenvalue weighted by Gasteiger charge is 2.12. The normalized spacial score (nSPS) is 12.0. The Kier molecular flexibility index (Phi) is 6.11. The van der Waals surface area contributed by atoms with Crippen LogP contribution in [0.3, 0.4) is 0 Å². The van der Waals surface area contributed by atoms with Crippen LogP contribution < -0.4 is 15.2 Å². The number of carboxylic acid groups (broad SMARTS) is 1. The van der Waals surface area contributed by atoms with E-state index in [0.717, 1.165) is 10.0 Å². The van der Waals surface area contributed by atoms with E-state index in [-0.39, 0.29) is 12.5 Å². The molecule has 6 heteroatoms. The van der Waals surface area contributed by atoms with E-state index in [1.165, 1.54) is 0 Å². The van der Waals surface area contributed by atoms with E-state index in [1.54, 1.807) is 14.2 Å². The Labute approximate surface area is 120 Å². The number of halogens is 1. The van der Waals surface area contributed by atoms with Crippen molar-refractivity contribution in [3.63, 3.8) is 0 Å². The molecule has 3 N–H and O–H groups in total. The van der Waals surface area contributed by atoms with Gasteiger partial charge in [0.2, 0.25) is 0 Å². The second-order valence-electron chi connectivity index (χ2n) is 4.21. The average Bonchev–Trinajstić information content (AvgIpc) is 2.34. The van der Waals surface area contributed by atoms with Gasteiger partial charge in [-0.25, -0.2) is 0 Å². The van der Waals surface area contributed by atoms with E-state index < -0.39 is 5.97 Å². The lowest BCUT2D eigenvalue weighted by atomic mass is 10.0. The number of carboxylic acids is 1. The van der Waals surface area contributed by atoms with Crippen molar-refractivity contribution in [2.75, 3.05) is 14.2 Å². The van der Waals surface area contributed by atoms with Crippen LogP contribution in [0, 0.1) is 0 Å². The number of aliphatic carboxylic acids is 1. The summed E-state index contributed by atoms with van der Waals surface area (Å²) >= 11 is 3.42. The summed E-state index contributed by atoms with van der Waals surface area (Å²) in [5.41, 5.74) is 6.76. The predicted octanol–water partition coefficient (Wildman–Crippen LogP) is 2.20. The van der Waals surface area contributed by atoms with E-state index in [9.17, 15) is 4.79 Å². The number of aryl methyl sites for hydroxylation is 1. The molecule has 1 atom stereocenters. The summed E-state index contributed by atoms with van der Waals surface area (Å²) in [5.74, 6) is 0.403. The fourth-order valence-corrected chi connectivity index (χ4v) is 2.45. The van der Waals surface area contributed by atoms with E-state index in [0.29, 0.717) is 24.3 Å². The number of carbonyl (C=O) groups is 1. The standard InChI is InChI=1S/C13H18BrNO4/c1-18-11-6-8(5-10(14)13(11)19-2)3-4-9(15)7-12(16)17/h5-6,9H,3-4,7,15H2,1-2H3,(H,16,17). The van der Waals surface area contributed by atoms with Gasteiger partial charge in [0.1, 0.15) is 0 Å². The molecule has 0 aliphatic heterocycles. The first-order valence-corrected chi connectivity index (χ1v) is 6.65. The van der Waals surface area contributed by atoms with Crippen molar-refractivity contribution in [2.45, 2.75) is 25.3 Å².